The first-order valence-electron chi connectivity index (χ1n) is 15.1. The second-order valence-corrected chi connectivity index (χ2v) is 11.9. The lowest BCUT2D eigenvalue weighted by atomic mass is 9.93. The second kappa shape index (κ2) is 13.5. The summed E-state index contributed by atoms with van der Waals surface area (Å²) in [5.74, 6) is 0.481. The highest BCUT2D eigenvalue weighted by Crippen LogP contribution is 2.36. The standard InChI is InChI=1S/C37H32N2O7S/c1-5-44-36(42)31-32(23-11-7-6-8-12-23)38-37-39(33(31)24-15-17-25(18-16-24)45-22(2)3)34(40)30(47-37)21-26-19-20-29(46-26)27-13-9-10-14-28(27)35(41)43-4/h6-22,33H,5H2,1-4H3/b30-21-/t33-/m0/s1. The highest BCUT2D eigenvalue weighted by molar-refractivity contribution is 7.07. The van der Waals surface area contributed by atoms with Crippen molar-refractivity contribution in [3.63, 3.8) is 0 Å². The normalized spacial score (nSPS) is 14.5. The van der Waals surface area contributed by atoms with Gasteiger partial charge in [0.25, 0.3) is 5.56 Å². The van der Waals surface area contributed by atoms with E-state index in [9.17, 15) is 14.4 Å². The van der Waals surface area contributed by atoms with Crippen molar-refractivity contribution >= 4 is 35.0 Å². The predicted octanol–water partition coefficient (Wildman–Crippen LogP) is 5.77. The van der Waals surface area contributed by atoms with E-state index in [0.29, 0.717) is 49.0 Å². The van der Waals surface area contributed by atoms with E-state index in [1.165, 1.54) is 23.0 Å². The summed E-state index contributed by atoms with van der Waals surface area (Å²) < 4.78 is 24.3. The second-order valence-electron chi connectivity index (χ2n) is 10.9. The molecule has 0 radical (unpaired) electrons. The fraction of sp³-hybridized carbons (Fsp3) is 0.189. The third-order valence-electron chi connectivity index (χ3n) is 7.44. The summed E-state index contributed by atoms with van der Waals surface area (Å²) in [4.78, 5) is 45.6. The molecule has 2 aromatic heterocycles. The van der Waals surface area contributed by atoms with Crippen molar-refractivity contribution in [1.29, 1.82) is 0 Å². The molecular formula is C37H32N2O7S. The first-order chi connectivity index (χ1) is 22.8. The zero-order valence-electron chi connectivity index (χ0n) is 26.3. The topological polar surface area (TPSA) is 109 Å². The van der Waals surface area contributed by atoms with E-state index in [-0.39, 0.29) is 23.8 Å². The Labute approximate surface area is 274 Å². The monoisotopic (exact) mass is 648 g/mol. The summed E-state index contributed by atoms with van der Waals surface area (Å²) in [6, 6.07) is 26.3. The summed E-state index contributed by atoms with van der Waals surface area (Å²) in [7, 11) is 1.32. The van der Waals surface area contributed by atoms with Gasteiger partial charge in [-0.15, -0.1) is 0 Å². The van der Waals surface area contributed by atoms with Gasteiger partial charge in [-0.25, -0.2) is 14.6 Å². The molecule has 0 spiro atoms. The number of carbonyl (C=O) groups is 2. The fourth-order valence-electron chi connectivity index (χ4n) is 5.45. The lowest BCUT2D eigenvalue weighted by Crippen LogP contribution is -2.40. The third kappa shape index (κ3) is 6.32. The molecule has 3 heterocycles. The molecule has 0 unspecified atom stereocenters. The van der Waals surface area contributed by atoms with Crippen LogP contribution in [0.3, 0.4) is 0 Å². The fourth-order valence-corrected chi connectivity index (χ4v) is 6.43. The Morgan fingerprint density at radius 2 is 1.68 bits per heavy atom. The molecule has 1 atom stereocenters. The number of aromatic nitrogens is 1. The number of hydrogen-bond donors (Lipinski definition) is 0. The molecular weight excluding hydrogens is 616 g/mol. The number of esters is 2. The summed E-state index contributed by atoms with van der Waals surface area (Å²) in [6.45, 7) is 5.78. The Hall–Kier alpha value is -5.48. The minimum absolute atomic E-state index is 0.0192. The number of hydrogen-bond acceptors (Lipinski definition) is 9. The van der Waals surface area contributed by atoms with Gasteiger partial charge in [0.05, 0.1) is 47.2 Å². The number of nitrogens with zero attached hydrogens (tertiary/aromatic N) is 2. The van der Waals surface area contributed by atoms with Crippen LogP contribution in [0.1, 0.15) is 54.1 Å². The molecule has 0 amide bonds. The number of rotatable bonds is 9. The minimum atomic E-state index is -0.824. The molecule has 9 nitrogen and oxygen atoms in total. The lowest BCUT2D eigenvalue weighted by Gasteiger charge is -2.26. The molecule has 47 heavy (non-hydrogen) atoms. The van der Waals surface area contributed by atoms with Gasteiger partial charge in [-0.1, -0.05) is 72.0 Å². The third-order valence-corrected chi connectivity index (χ3v) is 8.42. The maximum Gasteiger partial charge on any atom is 0.338 e. The quantitative estimate of drug-likeness (QED) is 0.187. The molecule has 0 saturated heterocycles. The van der Waals surface area contributed by atoms with Crippen LogP contribution in [0, 0.1) is 0 Å². The summed E-state index contributed by atoms with van der Waals surface area (Å²) >= 11 is 1.19. The summed E-state index contributed by atoms with van der Waals surface area (Å²) in [5, 5.41) is 0. The lowest BCUT2D eigenvalue weighted by molar-refractivity contribution is -0.138. The van der Waals surface area contributed by atoms with Gasteiger partial charge in [-0.2, -0.15) is 0 Å². The van der Waals surface area contributed by atoms with Gasteiger partial charge in [-0.3, -0.25) is 9.36 Å². The number of carbonyl (C=O) groups excluding carboxylic acids is 2. The van der Waals surface area contributed by atoms with Crippen molar-refractivity contribution in [3.8, 4) is 17.1 Å². The Bertz CT molecular complexity index is 2160. The van der Waals surface area contributed by atoms with E-state index in [1.807, 2.05) is 68.4 Å². The van der Waals surface area contributed by atoms with Gasteiger partial charge in [0.2, 0.25) is 0 Å². The molecule has 3 aromatic carbocycles. The predicted molar refractivity (Wildman–Crippen MR) is 179 cm³/mol. The highest BCUT2D eigenvalue weighted by atomic mass is 32.1. The van der Waals surface area contributed by atoms with Crippen molar-refractivity contribution in [2.24, 2.45) is 4.99 Å². The molecule has 6 rings (SSSR count). The van der Waals surface area contributed by atoms with Gasteiger partial charge in [0, 0.05) is 17.2 Å². The number of fused-ring (bicyclic) bond motifs is 1. The van der Waals surface area contributed by atoms with Crippen molar-refractivity contribution in [1.82, 2.24) is 4.57 Å². The number of benzene rings is 3. The van der Waals surface area contributed by atoms with Crippen LogP contribution in [0.4, 0.5) is 0 Å². The summed E-state index contributed by atoms with van der Waals surface area (Å²) in [5.41, 5.74) is 2.69. The molecule has 238 valence electrons. The van der Waals surface area contributed by atoms with E-state index in [0.717, 1.165) is 5.56 Å². The molecule has 1 aliphatic heterocycles. The first-order valence-corrected chi connectivity index (χ1v) is 15.9. The average Bonchev–Trinajstić information content (AvgIpc) is 3.68. The van der Waals surface area contributed by atoms with Crippen LogP contribution in [0.15, 0.2) is 111 Å². The van der Waals surface area contributed by atoms with E-state index in [1.54, 1.807) is 49.4 Å². The molecule has 10 heteroatoms. The van der Waals surface area contributed by atoms with Gasteiger partial charge in [0.15, 0.2) is 4.80 Å². The number of thiazole rings is 1. The van der Waals surface area contributed by atoms with E-state index in [2.05, 4.69) is 0 Å². The average molecular weight is 649 g/mol. The number of methoxy groups -OCH3 is 1. The Kier molecular flexibility index (Phi) is 9.03. The molecule has 0 bridgehead atoms. The minimum Gasteiger partial charge on any atom is -0.491 e. The molecule has 1 aliphatic rings. The van der Waals surface area contributed by atoms with Crippen molar-refractivity contribution < 1.29 is 28.2 Å². The van der Waals surface area contributed by atoms with Gasteiger partial charge in [0.1, 0.15) is 17.3 Å². The maximum absolute atomic E-state index is 14.2. The summed E-state index contributed by atoms with van der Waals surface area (Å²) in [6.07, 6.45) is 1.62. The molecule has 5 aromatic rings. The van der Waals surface area contributed by atoms with E-state index < -0.39 is 18.0 Å². The van der Waals surface area contributed by atoms with Crippen LogP contribution in [0.2, 0.25) is 0 Å². The van der Waals surface area contributed by atoms with Crippen molar-refractivity contribution in [3.05, 3.63) is 139 Å². The molecule has 0 saturated carbocycles. The van der Waals surface area contributed by atoms with Gasteiger partial charge in [-0.05, 0) is 56.7 Å². The van der Waals surface area contributed by atoms with Crippen molar-refractivity contribution in [2.75, 3.05) is 13.7 Å². The van der Waals surface area contributed by atoms with E-state index in [4.69, 9.17) is 23.6 Å². The van der Waals surface area contributed by atoms with Crippen LogP contribution < -0.4 is 19.6 Å². The van der Waals surface area contributed by atoms with Crippen LogP contribution in [-0.2, 0) is 14.3 Å². The first kappa shape index (κ1) is 31.5. The highest BCUT2D eigenvalue weighted by Gasteiger charge is 2.35. The Morgan fingerprint density at radius 1 is 0.957 bits per heavy atom. The van der Waals surface area contributed by atoms with Crippen LogP contribution >= 0.6 is 11.3 Å². The van der Waals surface area contributed by atoms with Gasteiger partial charge >= 0.3 is 11.9 Å². The molecule has 0 N–H and O–H groups in total. The molecule has 0 fully saturated rings. The zero-order valence-corrected chi connectivity index (χ0v) is 27.1. The Morgan fingerprint density at radius 3 is 2.38 bits per heavy atom. The Balaban J connectivity index is 1.53. The number of furan rings is 1. The maximum atomic E-state index is 14.2. The van der Waals surface area contributed by atoms with E-state index >= 15 is 0 Å². The van der Waals surface area contributed by atoms with Crippen LogP contribution in [-0.4, -0.2) is 36.3 Å². The number of ether oxygens (including phenoxy) is 3. The van der Waals surface area contributed by atoms with Crippen molar-refractivity contribution in [2.45, 2.75) is 32.9 Å². The SMILES string of the molecule is CCOC(=O)C1=C(c2ccccc2)N=c2s/c(=C\c3ccc(-c4ccccc4C(=O)OC)o3)c(=O)n2[C@H]1c1ccc(OC(C)C)cc1. The van der Waals surface area contributed by atoms with Gasteiger partial charge < -0.3 is 18.6 Å². The smallest absolute Gasteiger partial charge is 0.338 e. The molecule has 0 aliphatic carbocycles. The zero-order chi connectivity index (χ0) is 33.1. The largest absolute Gasteiger partial charge is 0.491 e. The van der Waals surface area contributed by atoms with Crippen LogP contribution in [0.25, 0.3) is 23.1 Å². The van der Waals surface area contributed by atoms with Crippen LogP contribution in [0.5, 0.6) is 5.75 Å².